The van der Waals surface area contributed by atoms with Gasteiger partial charge in [0.2, 0.25) is 5.91 Å². The van der Waals surface area contributed by atoms with E-state index in [9.17, 15) is 14.9 Å². The number of nitrogens with one attached hydrogen (secondary N) is 1. The second-order valence-electron chi connectivity index (χ2n) is 3.91. The minimum atomic E-state index is -0.484. The lowest BCUT2D eigenvalue weighted by molar-refractivity contribution is -0.385. The van der Waals surface area contributed by atoms with E-state index >= 15 is 0 Å². The molecule has 102 valence electrons. The van der Waals surface area contributed by atoms with Crippen molar-refractivity contribution in [2.24, 2.45) is 0 Å². The third-order valence-electron chi connectivity index (χ3n) is 2.40. The maximum atomic E-state index is 11.7. The van der Waals surface area contributed by atoms with Crippen molar-refractivity contribution in [1.82, 2.24) is 4.98 Å². The van der Waals surface area contributed by atoms with Crippen LogP contribution in [-0.2, 0) is 4.79 Å². The van der Waals surface area contributed by atoms with Crippen LogP contribution in [0.2, 0.25) is 0 Å². The molecule has 0 saturated heterocycles. The molecule has 1 aromatic carbocycles. The Morgan fingerprint density at radius 3 is 2.85 bits per heavy atom. The molecule has 1 N–H and O–H groups in total. The molecule has 0 fully saturated rings. The topological polar surface area (TPSA) is 85.1 Å². The van der Waals surface area contributed by atoms with E-state index in [1.54, 1.807) is 24.4 Å². The van der Waals surface area contributed by atoms with Crippen LogP contribution in [-0.4, -0.2) is 15.8 Å². The fraction of sp³-hybridized carbons (Fsp3) is 0.0769. The van der Waals surface area contributed by atoms with Gasteiger partial charge in [-0.25, -0.2) is 4.98 Å². The van der Waals surface area contributed by atoms with Crippen LogP contribution in [0.15, 0.2) is 36.5 Å². The average Bonchev–Trinajstić information content (AvgIpc) is 2.82. The number of rotatable bonds is 4. The fourth-order valence-electron chi connectivity index (χ4n) is 1.52. The van der Waals surface area contributed by atoms with Gasteiger partial charge in [0.05, 0.1) is 10.5 Å². The molecule has 0 aliphatic heterocycles. The quantitative estimate of drug-likeness (QED) is 0.532. The molecule has 0 spiro atoms. The summed E-state index contributed by atoms with van der Waals surface area (Å²) in [5, 5.41) is 13.9. The summed E-state index contributed by atoms with van der Waals surface area (Å²) in [5.41, 5.74) is 0.338. The number of aromatic nitrogens is 1. The van der Waals surface area contributed by atoms with Crippen molar-refractivity contribution in [2.75, 3.05) is 5.32 Å². The molecule has 0 saturated carbocycles. The molecule has 0 aliphatic rings. The van der Waals surface area contributed by atoms with E-state index in [1.165, 1.54) is 29.6 Å². The maximum Gasteiger partial charge on any atom is 0.276 e. The van der Waals surface area contributed by atoms with Crippen molar-refractivity contribution < 1.29 is 9.72 Å². The monoisotopic (exact) mass is 289 g/mol. The number of nitro groups is 1. The summed E-state index contributed by atoms with van der Waals surface area (Å²) >= 11 is 1.36. The van der Waals surface area contributed by atoms with Crippen LogP contribution in [0.3, 0.4) is 0 Å². The number of nitro benzene ring substituents is 1. The minimum absolute atomic E-state index is 0.0401. The zero-order chi connectivity index (χ0) is 14.5. The van der Waals surface area contributed by atoms with Gasteiger partial charge in [0.15, 0.2) is 5.13 Å². The van der Waals surface area contributed by atoms with Crippen LogP contribution in [0.25, 0.3) is 6.08 Å². The number of para-hydroxylation sites is 1. The molecule has 1 heterocycles. The van der Waals surface area contributed by atoms with Crippen molar-refractivity contribution in [3.8, 4) is 0 Å². The summed E-state index contributed by atoms with van der Waals surface area (Å²) in [4.78, 5) is 27.0. The van der Waals surface area contributed by atoms with Crippen LogP contribution in [0, 0.1) is 17.0 Å². The highest BCUT2D eigenvalue weighted by Gasteiger charge is 2.10. The molecule has 0 radical (unpaired) electrons. The first-order valence-corrected chi connectivity index (χ1v) is 6.53. The first-order chi connectivity index (χ1) is 9.56. The lowest BCUT2D eigenvalue weighted by Gasteiger charge is -1.97. The molecular weight excluding hydrogens is 278 g/mol. The van der Waals surface area contributed by atoms with Gasteiger partial charge in [0.1, 0.15) is 0 Å². The molecule has 0 atom stereocenters. The van der Waals surface area contributed by atoms with Crippen LogP contribution in [0.1, 0.15) is 10.4 Å². The number of carbonyl (C=O) groups is 1. The van der Waals surface area contributed by atoms with Crippen LogP contribution < -0.4 is 5.32 Å². The molecule has 7 heteroatoms. The van der Waals surface area contributed by atoms with Crippen LogP contribution >= 0.6 is 11.3 Å². The second-order valence-corrected chi connectivity index (χ2v) is 5.15. The number of hydrogen-bond acceptors (Lipinski definition) is 5. The molecule has 20 heavy (non-hydrogen) atoms. The number of anilines is 1. The Bertz CT molecular complexity index is 679. The summed E-state index contributed by atoms with van der Waals surface area (Å²) in [5.74, 6) is -0.377. The number of benzene rings is 1. The average molecular weight is 289 g/mol. The van der Waals surface area contributed by atoms with Gasteiger partial charge in [0.25, 0.3) is 5.69 Å². The summed E-state index contributed by atoms with van der Waals surface area (Å²) < 4.78 is 0. The molecule has 0 bridgehead atoms. The molecule has 2 rings (SSSR count). The van der Waals surface area contributed by atoms with Gasteiger partial charge in [-0.2, -0.15) is 0 Å². The van der Waals surface area contributed by atoms with Crippen LogP contribution in [0.4, 0.5) is 10.8 Å². The summed E-state index contributed by atoms with van der Waals surface area (Å²) in [6.07, 6.45) is 4.32. The minimum Gasteiger partial charge on any atom is -0.298 e. The Hall–Kier alpha value is -2.54. The fourth-order valence-corrected chi connectivity index (χ4v) is 2.19. The number of hydrogen-bond donors (Lipinski definition) is 1. The van der Waals surface area contributed by atoms with Gasteiger partial charge in [0, 0.05) is 23.2 Å². The van der Waals surface area contributed by atoms with Crippen molar-refractivity contribution in [3.63, 3.8) is 0 Å². The highest BCUT2D eigenvalue weighted by atomic mass is 32.1. The standard InChI is InChI=1S/C13H11N3O3S/c1-9-8-14-13(20-9)15-12(17)7-6-10-4-2-3-5-11(10)16(18)19/h2-8H,1H3,(H,14,15,17)/b7-6+. The number of amides is 1. The molecule has 6 nitrogen and oxygen atoms in total. The predicted molar refractivity (Wildman–Crippen MR) is 77.6 cm³/mol. The Labute approximate surface area is 118 Å². The van der Waals surface area contributed by atoms with E-state index in [1.807, 2.05) is 6.92 Å². The van der Waals surface area contributed by atoms with Crippen molar-refractivity contribution in [1.29, 1.82) is 0 Å². The number of aryl methyl sites for hydroxylation is 1. The van der Waals surface area contributed by atoms with Crippen molar-refractivity contribution >= 4 is 34.1 Å². The van der Waals surface area contributed by atoms with E-state index < -0.39 is 4.92 Å². The molecule has 0 aliphatic carbocycles. The molecule has 1 aromatic heterocycles. The number of carbonyl (C=O) groups excluding carboxylic acids is 1. The van der Waals surface area contributed by atoms with Gasteiger partial charge in [-0.3, -0.25) is 20.2 Å². The SMILES string of the molecule is Cc1cnc(NC(=O)/C=C/c2ccccc2[N+](=O)[O-])s1. The summed E-state index contributed by atoms with van der Waals surface area (Å²) in [6, 6.07) is 6.22. The predicted octanol–water partition coefficient (Wildman–Crippen LogP) is 3.01. The first-order valence-electron chi connectivity index (χ1n) is 5.71. The Kier molecular flexibility index (Phi) is 4.21. The molecule has 1 amide bonds. The van der Waals surface area contributed by atoms with Crippen molar-refractivity contribution in [2.45, 2.75) is 6.92 Å². The smallest absolute Gasteiger partial charge is 0.276 e. The highest BCUT2D eigenvalue weighted by molar-refractivity contribution is 7.15. The van der Waals surface area contributed by atoms with Gasteiger partial charge >= 0.3 is 0 Å². The van der Waals surface area contributed by atoms with E-state index in [2.05, 4.69) is 10.3 Å². The largest absolute Gasteiger partial charge is 0.298 e. The number of thiazole rings is 1. The lowest BCUT2D eigenvalue weighted by atomic mass is 10.1. The Morgan fingerprint density at radius 2 is 2.20 bits per heavy atom. The molecule has 2 aromatic rings. The summed E-state index contributed by atoms with van der Waals surface area (Å²) in [7, 11) is 0. The molecular formula is C13H11N3O3S. The zero-order valence-electron chi connectivity index (χ0n) is 10.6. The van der Waals surface area contributed by atoms with E-state index in [0.717, 1.165) is 4.88 Å². The van der Waals surface area contributed by atoms with Gasteiger partial charge < -0.3 is 0 Å². The van der Waals surface area contributed by atoms with Gasteiger partial charge in [-0.05, 0) is 19.1 Å². The van der Waals surface area contributed by atoms with E-state index in [-0.39, 0.29) is 11.6 Å². The van der Waals surface area contributed by atoms with E-state index in [4.69, 9.17) is 0 Å². The van der Waals surface area contributed by atoms with Gasteiger partial charge in [-0.15, -0.1) is 11.3 Å². The third-order valence-corrected chi connectivity index (χ3v) is 3.23. The number of nitrogens with zero attached hydrogens (tertiary/aromatic N) is 2. The summed E-state index contributed by atoms with van der Waals surface area (Å²) in [6.45, 7) is 1.89. The first kappa shape index (κ1) is 13.9. The normalized spacial score (nSPS) is 10.7. The maximum absolute atomic E-state index is 11.7. The lowest BCUT2D eigenvalue weighted by Crippen LogP contribution is -2.07. The third kappa shape index (κ3) is 3.48. The zero-order valence-corrected chi connectivity index (χ0v) is 11.4. The Balaban J connectivity index is 2.09. The van der Waals surface area contributed by atoms with E-state index in [0.29, 0.717) is 10.7 Å². The Morgan fingerprint density at radius 1 is 1.45 bits per heavy atom. The highest BCUT2D eigenvalue weighted by Crippen LogP contribution is 2.19. The van der Waals surface area contributed by atoms with Gasteiger partial charge in [-0.1, -0.05) is 12.1 Å². The second kappa shape index (κ2) is 6.07. The van der Waals surface area contributed by atoms with Crippen LogP contribution in [0.5, 0.6) is 0 Å². The molecule has 0 unspecified atom stereocenters. The van der Waals surface area contributed by atoms with Crippen molar-refractivity contribution in [3.05, 3.63) is 57.1 Å².